The summed E-state index contributed by atoms with van der Waals surface area (Å²) in [6.07, 6.45) is -2.53. The quantitative estimate of drug-likeness (QED) is 0.260. The van der Waals surface area contributed by atoms with Crippen LogP contribution in [0.2, 0.25) is 0 Å². The first kappa shape index (κ1) is 22.1. The molecule has 1 aromatic carbocycles. The van der Waals surface area contributed by atoms with Crippen molar-refractivity contribution >= 4 is 39.1 Å². The van der Waals surface area contributed by atoms with Crippen LogP contribution in [0, 0.1) is 0 Å². The highest BCUT2D eigenvalue weighted by molar-refractivity contribution is 7.98. The summed E-state index contributed by atoms with van der Waals surface area (Å²) in [4.78, 5) is 13.8. The van der Waals surface area contributed by atoms with Crippen LogP contribution in [0.4, 0.5) is 19.0 Å². The lowest BCUT2D eigenvalue weighted by Crippen LogP contribution is -2.36. The highest BCUT2D eigenvalue weighted by Gasteiger charge is 2.39. The lowest BCUT2D eigenvalue weighted by atomic mass is 10.2. The summed E-state index contributed by atoms with van der Waals surface area (Å²) in [5.41, 5.74) is 1.18. The number of halogens is 3. The van der Waals surface area contributed by atoms with E-state index < -0.39 is 12.0 Å². The van der Waals surface area contributed by atoms with Gasteiger partial charge in [0, 0.05) is 23.7 Å². The zero-order valence-corrected chi connectivity index (χ0v) is 19.5. The minimum absolute atomic E-state index is 0.154. The van der Waals surface area contributed by atoms with E-state index in [1.165, 1.54) is 10.4 Å². The lowest BCUT2D eigenvalue weighted by Gasteiger charge is -2.29. The topological polar surface area (TPSA) is 59.7 Å². The van der Waals surface area contributed by atoms with E-state index >= 15 is 0 Å². The molecule has 0 N–H and O–H groups in total. The van der Waals surface area contributed by atoms with E-state index in [-0.39, 0.29) is 13.1 Å². The van der Waals surface area contributed by atoms with E-state index in [1.807, 2.05) is 23.1 Å². The first-order valence-electron chi connectivity index (χ1n) is 10.6. The second kappa shape index (κ2) is 8.94. The second-order valence-corrected chi connectivity index (χ2v) is 9.85. The molecule has 11 heteroatoms. The molecule has 5 rings (SSSR count). The number of thioether (sulfide) groups is 1. The van der Waals surface area contributed by atoms with Gasteiger partial charge >= 0.3 is 6.18 Å². The van der Waals surface area contributed by atoms with Crippen molar-refractivity contribution in [3.63, 3.8) is 0 Å². The molecule has 4 heterocycles. The van der Waals surface area contributed by atoms with Crippen molar-refractivity contribution in [3.05, 3.63) is 58.5 Å². The number of aryl methyl sites for hydroxylation is 1. The summed E-state index contributed by atoms with van der Waals surface area (Å²) in [7, 11) is 0. The molecule has 0 aliphatic carbocycles. The van der Waals surface area contributed by atoms with Gasteiger partial charge in [0.15, 0.2) is 11.0 Å². The van der Waals surface area contributed by atoms with Crippen LogP contribution in [0.1, 0.15) is 35.4 Å². The molecule has 0 saturated heterocycles. The van der Waals surface area contributed by atoms with E-state index in [4.69, 9.17) is 9.97 Å². The molecule has 172 valence electrons. The summed E-state index contributed by atoms with van der Waals surface area (Å²) in [6.45, 7) is 2.90. The smallest absolute Gasteiger partial charge is 0.347 e. The average Bonchev–Trinajstić information content (AvgIpc) is 3.41. The van der Waals surface area contributed by atoms with Gasteiger partial charge < -0.3 is 9.47 Å². The maximum absolute atomic E-state index is 13.2. The Morgan fingerprint density at radius 3 is 2.67 bits per heavy atom. The van der Waals surface area contributed by atoms with E-state index in [9.17, 15) is 13.2 Å². The van der Waals surface area contributed by atoms with Crippen molar-refractivity contribution in [2.75, 3.05) is 11.4 Å². The predicted octanol–water partition coefficient (Wildman–Crippen LogP) is 5.57. The monoisotopic (exact) mass is 490 g/mol. The summed E-state index contributed by atoms with van der Waals surface area (Å²) in [5.74, 6) is 0.840. The van der Waals surface area contributed by atoms with Crippen LogP contribution in [-0.4, -0.2) is 31.3 Å². The van der Waals surface area contributed by atoms with E-state index in [0.717, 1.165) is 39.2 Å². The first-order valence-corrected chi connectivity index (χ1v) is 12.4. The molecule has 0 fully saturated rings. The zero-order chi connectivity index (χ0) is 23.0. The van der Waals surface area contributed by atoms with Gasteiger partial charge in [-0.3, -0.25) is 0 Å². The van der Waals surface area contributed by atoms with Crippen LogP contribution in [0.5, 0.6) is 0 Å². The van der Waals surface area contributed by atoms with Crippen molar-refractivity contribution in [2.24, 2.45) is 0 Å². The maximum Gasteiger partial charge on any atom is 0.451 e. The standard InChI is InChI=1S/C22H21F3N6S2/c1-2-6-15-11-16-18(30-9-10-31-17(12-30)28-29-20(31)22(23,24)25)26-21(27-19(16)33-15)32-13-14-7-4-3-5-8-14/h3-5,7-8,11H,2,6,9-10,12-13H2,1H3. The Hall–Kier alpha value is -2.66. The molecule has 0 unspecified atom stereocenters. The van der Waals surface area contributed by atoms with Gasteiger partial charge in [-0.1, -0.05) is 55.4 Å². The molecule has 0 radical (unpaired) electrons. The van der Waals surface area contributed by atoms with Crippen molar-refractivity contribution in [1.82, 2.24) is 24.7 Å². The molecule has 0 saturated carbocycles. The Bertz CT molecular complexity index is 1270. The molecule has 1 aliphatic rings. The highest BCUT2D eigenvalue weighted by atomic mass is 32.2. The molecule has 6 nitrogen and oxygen atoms in total. The number of rotatable bonds is 6. The van der Waals surface area contributed by atoms with Crippen molar-refractivity contribution < 1.29 is 13.2 Å². The van der Waals surface area contributed by atoms with Crippen LogP contribution in [0.25, 0.3) is 10.2 Å². The van der Waals surface area contributed by atoms with Gasteiger partial charge in [0.05, 0.1) is 11.9 Å². The van der Waals surface area contributed by atoms with Crippen molar-refractivity contribution in [2.45, 2.75) is 49.9 Å². The number of benzene rings is 1. The number of nitrogens with zero attached hydrogens (tertiary/aromatic N) is 6. The molecule has 4 aromatic rings. The molecule has 0 spiro atoms. The fourth-order valence-corrected chi connectivity index (χ4v) is 5.86. The third-order valence-corrected chi connectivity index (χ3v) is 7.42. The van der Waals surface area contributed by atoms with Gasteiger partial charge in [-0.25, -0.2) is 9.97 Å². The zero-order valence-electron chi connectivity index (χ0n) is 17.8. The Morgan fingerprint density at radius 2 is 1.91 bits per heavy atom. The normalized spacial score (nSPS) is 14.1. The van der Waals surface area contributed by atoms with Crippen molar-refractivity contribution in [3.8, 4) is 0 Å². The van der Waals surface area contributed by atoms with Gasteiger partial charge in [0.2, 0.25) is 5.82 Å². The minimum atomic E-state index is -4.51. The Morgan fingerprint density at radius 1 is 1.09 bits per heavy atom. The van der Waals surface area contributed by atoms with E-state index in [0.29, 0.717) is 17.5 Å². The molecule has 0 amide bonds. The van der Waals surface area contributed by atoms with Crippen LogP contribution >= 0.6 is 23.1 Å². The molecule has 3 aromatic heterocycles. The lowest BCUT2D eigenvalue weighted by molar-refractivity contribution is -0.147. The highest BCUT2D eigenvalue weighted by Crippen LogP contribution is 2.36. The average molecular weight is 491 g/mol. The van der Waals surface area contributed by atoms with Crippen LogP contribution < -0.4 is 4.90 Å². The molecule has 0 atom stereocenters. The Kier molecular flexibility index (Phi) is 6.00. The molecular weight excluding hydrogens is 469 g/mol. The van der Waals surface area contributed by atoms with Crippen LogP contribution in [0.15, 0.2) is 41.6 Å². The molecule has 0 bridgehead atoms. The summed E-state index contributed by atoms with van der Waals surface area (Å²) in [5, 5.41) is 8.81. The SMILES string of the molecule is CCCc1cc2c(N3CCn4c(nnc4C(F)(F)F)C3)nc(SCc3ccccc3)nc2s1. The van der Waals surface area contributed by atoms with Crippen molar-refractivity contribution in [1.29, 1.82) is 0 Å². The summed E-state index contributed by atoms with van der Waals surface area (Å²) >= 11 is 3.21. The predicted molar refractivity (Wildman–Crippen MR) is 123 cm³/mol. The second-order valence-electron chi connectivity index (χ2n) is 7.80. The maximum atomic E-state index is 13.2. The van der Waals surface area contributed by atoms with E-state index in [1.54, 1.807) is 23.1 Å². The summed E-state index contributed by atoms with van der Waals surface area (Å²) < 4.78 is 40.9. The van der Waals surface area contributed by atoms with Crippen LogP contribution in [-0.2, 0) is 31.4 Å². The number of hydrogen-bond acceptors (Lipinski definition) is 7. The molecular formula is C22H21F3N6S2. The third-order valence-electron chi connectivity index (χ3n) is 5.42. The number of anilines is 1. The fraction of sp³-hybridized carbons (Fsp3) is 0.364. The Balaban J connectivity index is 1.48. The van der Waals surface area contributed by atoms with Gasteiger partial charge in [-0.05, 0) is 18.1 Å². The largest absolute Gasteiger partial charge is 0.451 e. The molecule has 33 heavy (non-hydrogen) atoms. The fourth-order valence-electron chi connectivity index (χ4n) is 3.88. The summed E-state index contributed by atoms with van der Waals surface area (Å²) in [6, 6.07) is 12.2. The minimum Gasteiger partial charge on any atom is -0.347 e. The molecule has 1 aliphatic heterocycles. The Labute approximate surface area is 196 Å². The van der Waals surface area contributed by atoms with Gasteiger partial charge in [-0.2, -0.15) is 13.2 Å². The number of hydrogen-bond donors (Lipinski definition) is 0. The number of thiophene rings is 1. The van der Waals surface area contributed by atoms with E-state index in [2.05, 4.69) is 35.3 Å². The first-order chi connectivity index (χ1) is 15.9. The van der Waals surface area contributed by atoms with Gasteiger partial charge in [0.1, 0.15) is 10.6 Å². The van der Waals surface area contributed by atoms with Crippen LogP contribution in [0.3, 0.4) is 0 Å². The van der Waals surface area contributed by atoms with Gasteiger partial charge in [-0.15, -0.1) is 21.5 Å². The third kappa shape index (κ3) is 4.56. The number of aromatic nitrogens is 5. The van der Waals surface area contributed by atoms with Gasteiger partial charge in [0.25, 0.3) is 0 Å². The number of alkyl halides is 3. The number of fused-ring (bicyclic) bond motifs is 2.